The van der Waals surface area contributed by atoms with Gasteiger partial charge >= 0.3 is 0 Å². The first-order valence-electron chi connectivity index (χ1n) is 4.98. The number of rotatable bonds is 1. The molecular formula is C13H10BrN. The minimum Gasteiger partial charge on any atom is -0.307 e. The third-order valence-corrected chi connectivity index (χ3v) is 3.30. The normalized spacial score (nSPS) is 13.1. The Morgan fingerprint density at radius 1 is 1.13 bits per heavy atom. The van der Waals surface area contributed by atoms with Crippen LogP contribution < -0.4 is 0 Å². The van der Waals surface area contributed by atoms with Crippen LogP contribution in [0.25, 0.3) is 11.8 Å². The summed E-state index contributed by atoms with van der Waals surface area (Å²) in [5.74, 6) is 0. The van der Waals surface area contributed by atoms with Crippen LogP contribution in [0.1, 0.15) is 11.3 Å². The maximum absolute atomic E-state index is 3.61. The van der Waals surface area contributed by atoms with Gasteiger partial charge in [-0.25, -0.2) is 0 Å². The van der Waals surface area contributed by atoms with Crippen LogP contribution in [-0.4, -0.2) is 4.57 Å². The van der Waals surface area contributed by atoms with Gasteiger partial charge in [0.25, 0.3) is 0 Å². The van der Waals surface area contributed by atoms with E-state index in [2.05, 4.69) is 63.0 Å². The van der Waals surface area contributed by atoms with Crippen molar-refractivity contribution in [2.45, 2.75) is 6.42 Å². The number of benzene rings is 1. The van der Waals surface area contributed by atoms with Gasteiger partial charge in [0.15, 0.2) is 0 Å². The summed E-state index contributed by atoms with van der Waals surface area (Å²) in [6.45, 7) is 0. The van der Waals surface area contributed by atoms with Gasteiger partial charge in [-0.05, 0) is 39.7 Å². The first kappa shape index (κ1) is 8.98. The lowest BCUT2D eigenvalue weighted by atomic mass is 10.2. The SMILES string of the molecule is Brc1cc2c(n1-c1ccccc1)CC=C2. The van der Waals surface area contributed by atoms with Gasteiger partial charge in [0, 0.05) is 17.8 Å². The summed E-state index contributed by atoms with van der Waals surface area (Å²) >= 11 is 3.61. The molecule has 1 aliphatic carbocycles. The summed E-state index contributed by atoms with van der Waals surface area (Å²) in [5, 5.41) is 0. The van der Waals surface area contributed by atoms with E-state index >= 15 is 0 Å². The molecule has 1 aromatic carbocycles. The van der Waals surface area contributed by atoms with E-state index in [1.54, 1.807) is 0 Å². The van der Waals surface area contributed by atoms with Crippen LogP contribution in [0.2, 0.25) is 0 Å². The van der Waals surface area contributed by atoms with Crippen LogP contribution in [0, 0.1) is 0 Å². The molecule has 15 heavy (non-hydrogen) atoms. The Hall–Kier alpha value is -1.28. The van der Waals surface area contributed by atoms with Crippen LogP contribution in [0.4, 0.5) is 0 Å². The maximum Gasteiger partial charge on any atom is 0.0900 e. The maximum atomic E-state index is 3.61. The fraction of sp³-hybridized carbons (Fsp3) is 0.0769. The van der Waals surface area contributed by atoms with Gasteiger partial charge in [0.1, 0.15) is 0 Å². The highest BCUT2D eigenvalue weighted by molar-refractivity contribution is 9.10. The monoisotopic (exact) mass is 259 g/mol. The van der Waals surface area contributed by atoms with Crippen LogP contribution in [-0.2, 0) is 6.42 Å². The third kappa shape index (κ3) is 1.37. The van der Waals surface area contributed by atoms with Crippen molar-refractivity contribution in [3.63, 3.8) is 0 Å². The molecule has 74 valence electrons. The molecule has 3 rings (SSSR count). The van der Waals surface area contributed by atoms with Crippen LogP contribution in [0.5, 0.6) is 0 Å². The summed E-state index contributed by atoms with van der Waals surface area (Å²) < 4.78 is 3.39. The number of fused-ring (bicyclic) bond motifs is 1. The predicted octanol–water partition coefficient (Wildman–Crippen LogP) is 3.81. The lowest BCUT2D eigenvalue weighted by Crippen LogP contribution is -1.98. The first-order chi connectivity index (χ1) is 7.36. The van der Waals surface area contributed by atoms with Gasteiger partial charge < -0.3 is 4.57 Å². The number of hydrogen-bond acceptors (Lipinski definition) is 0. The highest BCUT2D eigenvalue weighted by Gasteiger charge is 2.15. The molecule has 0 spiro atoms. The van der Waals surface area contributed by atoms with E-state index in [9.17, 15) is 0 Å². The summed E-state index contributed by atoms with van der Waals surface area (Å²) in [7, 11) is 0. The minimum absolute atomic E-state index is 1.02. The van der Waals surface area contributed by atoms with Crippen molar-refractivity contribution in [2.75, 3.05) is 0 Å². The van der Waals surface area contributed by atoms with Crippen LogP contribution >= 0.6 is 15.9 Å². The lowest BCUT2D eigenvalue weighted by Gasteiger charge is -2.08. The Labute approximate surface area is 97.2 Å². The Kier molecular flexibility index (Phi) is 2.03. The molecule has 0 saturated heterocycles. The number of aromatic nitrogens is 1. The molecule has 0 aliphatic heterocycles. The van der Waals surface area contributed by atoms with E-state index in [4.69, 9.17) is 0 Å². The molecule has 0 fully saturated rings. The van der Waals surface area contributed by atoms with E-state index in [0.29, 0.717) is 0 Å². The van der Waals surface area contributed by atoms with Crippen molar-refractivity contribution < 1.29 is 0 Å². The second kappa shape index (κ2) is 3.38. The molecule has 0 unspecified atom stereocenters. The van der Waals surface area contributed by atoms with Crippen LogP contribution in [0.3, 0.4) is 0 Å². The van der Waals surface area contributed by atoms with Crippen molar-refractivity contribution in [1.82, 2.24) is 4.57 Å². The highest BCUT2D eigenvalue weighted by Crippen LogP contribution is 2.30. The van der Waals surface area contributed by atoms with Crippen molar-refractivity contribution in [1.29, 1.82) is 0 Å². The van der Waals surface area contributed by atoms with E-state index in [1.807, 2.05) is 6.07 Å². The van der Waals surface area contributed by atoms with Gasteiger partial charge in [0.2, 0.25) is 0 Å². The summed E-state index contributed by atoms with van der Waals surface area (Å²) in [4.78, 5) is 0. The average Bonchev–Trinajstić information content (AvgIpc) is 2.78. The molecule has 0 bridgehead atoms. The van der Waals surface area contributed by atoms with Crippen molar-refractivity contribution in [3.05, 3.63) is 58.3 Å². The molecule has 1 aromatic heterocycles. The number of allylic oxidation sites excluding steroid dienone is 1. The smallest absolute Gasteiger partial charge is 0.0900 e. The second-order valence-corrected chi connectivity index (χ2v) is 4.46. The second-order valence-electron chi connectivity index (χ2n) is 3.65. The van der Waals surface area contributed by atoms with Crippen molar-refractivity contribution in [3.8, 4) is 5.69 Å². The minimum atomic E-state index is 1.02. The van der Waals surface area contributed by atoms with Gasteiger partial charge in [-0.2, -0.15) is 0 Å². The molecule has 1 nitrogen and oxygen atoms in total. The zero-order valence-corrected chi connectivity index (χ0v) is 9.74. The lowest BCUT2D eigenvalue weighted by molar-refractivity contribution is 0.960. The molecule has 0 amide bonds. The first-order valence-corrected chi connectivity index (χ1v) is 5.77. The summed E-state index contributed by atoms with van der Waals surface area (Å²) in [6.07, 6.45) is 5.41. The van der Waals surface area contributed by atoms with E-state index in [1.165, 1.54) is 16.9 Å². The molecule has 1 heterocycles. The third-order valence-electron chi connectivity index (χ3n) is 2.71. The standard InChI is InChI=1S/C13H10BrN/c14-13-9-10-5-4-8-12(10)15(13)11-6-2-1-3-7-11/h1-7,9H,8H2. The fourth-order valence-corrected chi connectivity index (χ4v) is 2.71. The molecule has 0 radical (unpaired) electrons. The molecule has 2 aromatic rings. The zero-order chi connectivity index (χ0) is 10.3. The largest absolute Gasteiger partial charge is 0.307 e. The van der Waals surface area contributed by atoms with Crippen molar-refractivity contribution >= 4 is 22.0 Å². The molecule has 1 aliphatic rings. The number of nitrogens with zero attached hydrogens (tertiary/aromatic N) is 1. The Bertz CT molecular complexity index is 523. The molecule has 0 N–H and O–H groups in total. The number of halogens is 1. The molecule has 0 atom stereocenters. The molecule has 0 saturated carbocycles. The van der Waals surface area contributed by atoms with Gasteiger partial charge in [-0.1, -0.05) is 30.4 Å². The molecule has 2 heteroatoms. The van der Waals surface area contributed by atoms with E-state index in [0.717, 1.165) is 11.0 Å². The predicted molar refractivity (Wildman–Crippen MR) is 66.2 cm³/mol. The molecular weight excluding hydrogens is 250 g/mol. The van der Waals surface area contributed by atoms with Gasteiger partial charge in [0.05, 0.1) is 4.60 Å². The van der Waals surface area contributed by atoms with Crippen LogP contribution in [0.15, 0.2) is 47.1 Å². The zero-order valence-electron chi connectivity index (χ0n) is 8.15. The topological polar surface area (TPSA) is 4.93 Å². The fourth-order valence-electron chi connectivity index (χ4n) is 2.04. The Morgan fingerprint density at radius 2 is 1.93 bits per heavy atom. The van der Waals surface area contributed by atoms with E-state index in [-0.39, 0.29) is 0 Å². The Balaban J connectivity index is 2.22. The van der Waals surface area contributed by atoms with Gasteiger partial charge in [-0.3, -0.25) is 0 Å². The van der Waals surface area contributed by atoms with Crippen molar-refractivity contribution in [2.24, 2.45) is 0 Å². The summed E-state index contributed by atoms with van der Waals surface area (Å²) in [5.41, 5.74) is 3.91. The van der Waals surface area contributed by atoms with E-state index < -0.39 is 0 Å². The average molecular weight is 260 g/mol. The Morgan fingerprint density at radius 3 is 2.73 bits per heavy atom. The number of para-hydroxylation sites is 1. The summed E-state index contributed by atoms with van der Waals surface area (Å²) in [6, 6.07) is 12.6. The quantitative estimate of drug-likeness (QED) is 0.734. The number of hydrogen-bond donors (Lipinski definition) is 0. The van der Waals surface area contributed by atoms with Gasteiger partial charge in [-0.15, -0.1) is 0 Å². The highest BCUT2D eigenvalue weighted by atomic mass is 79.9.